The van der Waals surface area contributed by atoms with E-state index in [0.717, 1.165) is 32.4 Å². The Hall–Kier alpha value is -1.30. The molecule has 2 rings (SSSR count). The maximum atomic E-state index is 12.4. The highest BCUT2D eigenvalue weighted by atomic mass is 16.4. The minimum atomic E-state index is -0.822. The Labute approximate surface area is 114 Å². The Morgan fingerprint density at radius 2 is 2.00 bits per heavy atom. The second-order valence-corrected chi connectivity index (χ2v) is 5.72. The van der Waals surface area contributed by atoms with Gasteiger partial charge in [0.05, 0.1) is 6.42 Å². The van der Waals surface area contributed by atoms with E-state index in [1.54, 1.807) is 4.90 Å². The molecule has 6 nitrogen and oxygen atoms in total. The summed E-state index contributed by atoms with van der Waals surface area (Å²) in [5.41, 5.74) is 0. The first-order valence-corrected chi connectivity index (χ1v) is 6.93. The fourth-order valence-electron chi connectivity index (χ4n) is 3.02. The largest absolute Gasteiger partial charge is 0.481 e. The summed E-state index contributed by atoms with van der Waals surface area (Å²) >= 11 is 0. The third-order valence-electron chi connectivity index (χ3n) is 4.20. The quantitative estimate of drug-likeness (QED) is 0.818. The van der Waals surface area contributed by atoms with Crippen LogP contribution in [0.5, 0.6) is 0 Å². The van der Waals surface area contributed by atoms with E-state index in [4.69, 9.17) is 5.11 Å². The van der Waals surface area contributed by atoms with Gasteiger partial charge in [0.2, 0.25) is 0 Å². The van der Waals surface area contributed by atoms with Crippen LogP contribution in [0.15, 0.2) is 0 Å². The summed E-state index contributed by atoms with van der Waals surface area (Å²) in [6, 6.07) is 0.320. The molecule has 2 amide bonds. The van der Waals surface area contributed by atoms with Gasteiger partial charge in [-0.3, -0.25) is 4.79 Å². The SMILES string of the molecule is CN(C)C1CCN(C(=O)N2CCCC2CC(=O)O)C1. The van der Waals surface area contributed by atoms with Crippen LogP contribution in [0.2, 0.25) is 0 Å². The van der Waals surface area contributed by atoms with Crippen molar-refractivity contribution in [2.75, 3.05) is 33.7 Å². The van der Waals surface area contributed by atoms with E-state index in [1.165, 1.54) is 0 Å². The van der Waals surface area contributed by atoms with Gasteiger partial charge < -0.3 is 19.8 Å². The highest BCUT2D eigenvalue weighted by Crippen LogP contribution is 2.24. The van der Waals surface area contributed by atoms with Crippen LogP contribution in [-0.2, 0) is 4.79 Å². The zero-order valence-corrected chi connectivity index (χ0v) is 11.7. The molecule has 2 fully saturated rings. The summed E-state index contributed by atoms with van der Waals surface area (Å²) in [5, 5.41) is 8.90. The Bertz CT molecular complexity index is 359. The van der Waals surface area contributed by atoms with Gasteiger partial charge in [0.1, 0.15) is 0 Å². The number of carboxylic acids is 1. The Morgan fingerprint density at radius 3 is 2.58 bits per heavy atom. The molecule has 0 saturated carbocycles. The number of nitrogens with zero attached hydrogens (tertiary/aromatic N) is 3. The van der Waals surface area contributed by atoms with E-state index in [9.17, 15) is 9.59 Å². The van der Waals surface area contributed by atoms with E-state index in [1.807, 2.05) is 19.0 Å². The fourth-order valence-corrected chi connectivity index (χ4v) is 3.02. The Morgan fingerprint density at radius 1 is 1.26 bits per heavy atom. The van der Waals surface area contributed by atoms with Crippen LogP contribution in [0.4, 0.5) is 4.79 Å². The molecule has 6 heteroatoms. The lowest BCUT2D eigenvalue weighted by molar-refractivity contribution is -0.138. The smallest absolute Gasteiger partial charge is 0.320 e. The molecule has 1 N–H and O–H groups in total. The number of hydrogen-bond acceptors (Lipinski definition) is 3. The first-order chi connectivity index (χ1) is 8.99. The average Bonchev–Trinajstić information content (AvgIpc) is 2.95. The molecule has 0 bridgehead atoms. The number of rotatable bonds is 3. The number of urea groups is 1. The number of likely N-dealkylation sites (N-methyl/N-ethyl adjacent to an activating group) is 1. The van der Waals surface area contributed by atoms with Gasteiger partial charge in [0, 0.05) is 31.7 Å². The van der Waals surface area contributed by atoms with E-state index in [2.05, 4.69) is 4.90 Å². The third-order valence-corrected chi connectivity index (χ3v) is 4.20. The second kappa shape index (κ2) is 5.77. The predicted octanol–water partition coefficient (Wildman–Crippen LogP) is 0.681. The summed E-state index contributed by atoms with van der Waals surface area (Å²) in [6.07, 6.45) is 2.78. The van der Waals surface area contributed by atoms with Gasteiger partial charge in [-0.1, -0.05) is 0 Å². The predicted molar refractivity (Wildman–Crippen MR) is 71.0 cm³/mol. The van der Waals surface area contributed by atoms with Crippen molar-refractivity contribution in [3.63, 3.8) is 0 Å². The molecule has 2 aliphatic heterocycles. The summed E-state index contributed by atoms with van der Waals surface area (Å²) in [5.74, 6) is -0.822. The number of amides is 2. The molecule has 0 radical (unpaired) electrons. The first-order valence-electron chi connectivity index (χ1n) is 6.93. The molecule has 2 atom stereocenters. The highest BCUT2D eigenvalue weighted by molar-refractivity contribution is 5.77. The average molecular weight is 269 g/mol. The minimum Gasteiger partial charge on any atom is -0.481 e. The number of hydrogen-bond donors (Lipinski definition) is 1. The van der Waals surface area contributed by atoms with Crippen LogP contribution in [0, 0.1) is 0 Å². The van der Waals surface area contributed by atoms with Gasteiger partial charge in [-0.25, -0.2) is 4.79 Å². The van der Waals surface area contributed by atoms with Gasteiger partial charge in [-0.15, -0.1) is 0 Å². The van der Waals surface area contributed by atoms with Crippen molar-refractivity contribution in [2.24, 2.45) is 0 Å². The number of carbonyl (C=O) groups is 2. The van der Waals surface area contributed by atoms with E-state index in [0.29, 0.717) is 12.6 Å². The summed E-state index contributed by atoms with van der Waals surface area (Å²) < 4.78 is 0. The zero-order chi connectivity index (χ0) is 14.0. The topological polar surface area (TPSA) is 64.1 Å². The summed E-state index contributed by atoms with van der Waals surface area (Å²) in [6.45, 7) is 2.22. The number of carbonyl (C=O) groups excluding carboxylic acids is 1. The van der Waals surface area contributed by atoms with Crippen molar-refractivity contribution in [1.29, 1.82) is 0 Å². The van der Waals surface area contributed by atoms with E-state index in [-0.39, 0.29) is 18.5 Å². The molecule has 19 heavy (non-hydrogen) atoms. The van der Waals surface area contributed by atoms with Crippen LogP contribution in [0.3, 0.4) is 0 Å². The zero-order valence-electron chi connectivity index (χ0n) is 11.7. The van der Waals surface area contributed by atoms with Crippen molar-refractivity contribution >= 4 is 12.0 Å². The maximum absolute atomic E-state index is 12.4. The number of likely N-dealkylation sites (tertiary alicyclic amines) is 2. The van der Waals surface area contributed by atoms with Gasteiger partial charge in [0.15, 0.2) is 0 Å². The Balaban J connectivity index is 1.94. The number of aliphatic carboxylic acids is 1. The molecule has 108 valence electrons. The Kier molecular flexibility index (Phi) is 4.29. The maximum Gasteiger partial charge on any atom is 0.320 e. The third kappa shape index (κ3) is 3.18. The molecule has 2 unspecified atom stereocenters. The minimum absolute atomic E-state index is 0.0214. The van der Waals surface area contributed by atoms with Crippen LogP contribution in [-0.4, -0.2) is 77.6 Å². The van der Waals surface area contributed by atoms with Crippen molar-refractivity contribution in [2.45, 2.75) is 37.8 Å². The molecular weight excluding hydrogens is 246 g/mol. The van der Waals surface area contributed by atoms with Gasteiger partial charge >= 0.3 is 12.0 Å². The molecule has 0 aromatic rings. The molecule has 2 heterocycles. The van der Waals surface area contributed by atoms with E-state index >= 15 is 0 Å². The highest BCUT2D eigenvalue weighted by Gasteiger charge is 2.36. The van der Waals surface area contributed by atoms with Crippen molar-refractivity contribution in [3.05, 3.63) is 0 Å². The molecule has 0 aromatic carbocycles. The van der Waals surface area contributed by atoms with Crippen LogP contribution in [0.1, 0.15) is 25.7 Å². The molecular formula is C13H23N3O3. The molecule has 0 spiro atoms. The summed E-state index contributed by atoms with van der Waals surface area (Å²) in [7, 11) is 4.06. The van der Waals surface area contributed by atoms with Gasteiger partial charge in [0.25, 0.3) is 0 Å². The number of carboxylic acid groups (broad SMARTS) is 1. The molecule has 2 saturated heterocycles. The molecule has 2 aliphatic rings. The lowest BCUT2D eigenvalue weighted by atomic mass is 10.1. The van der Waals surface area contributed by atoms with Crippen LogP contribution < -0.4 is 0 Å². The first kappa shape index (κ1) is 14.1. The lowest BCUT2D eigenvalue weighted by Gasteiger charge is -2.29. The van der Waals surface area contributed by atoms with E-state index < -0.39 is 5.97 Å². The van der Waals surface area contributed by atoms with Gasteiger partial charge in [-0.2, -0.15) is 0 Å². The van der Waals surface area contributed by atoms with Crippen molar-refractivity contribution in [1.82, 2.24) is 14.7 Å². The van der Waals surface area contributed by atoms with Crippen LogP contribution >= 0.6 is 0 Å². The summed E-state index contributed by atoms with van der Waals surface area (Å²) in [4.78, 5) is 29.0. The van der Waals surface area contributed by atoms with Gasteiger partial charge in [-0.05, 0) is 33.4 Å². The van der Waals surface area contributed by atoms with Crippen molar-refractivity contribution < 1.29 is 14.7 Å². The fraction of sp³-hybridized carbons (Fsp3) is 0.846. The standard InChI is InChI=1S/C13H23N3O3/c1-14(2)11-5-7-15(9-11)13(19)16-6-3-4-10(16)8-12(17)18/h10-11H,3-9H2,1-2H3,(H,17,18). The molecule has 0 aromatic heterocycles. The monoisotopic (exact) mass is 269 g/mol. The van der Waals surface area contributed by atoms with Crippen LogP contribution in [0.25, 0.3) is 0 Å². The lowest BCUT2D eigenvalue weighted by Crippen LogP contribution is -2.46. The normalized spacial score (nSPS) is 27.3. The van der Waals surface area contributed by atoms with Crippen molar-refractivity contribution in [3.8, 4) is 0 Å². The molecule has 0 aliphatic carbocycles. The second-order valence-electron chi connectivity index (χ2n) is 5.72.